The fourth-order valence-electron chi connectivity index (χ4n) is 2.62. The van der Waals surface area contributed by atoms with E-state index in [1.54, 1.807) is 0 Å². The van der Waals surface area contributed by atoms with Gasteiger partial charge in [0.15, 0.2) is 5.82 Å². The number of hydrogen-bond donors (Lipinski definition) is 1. The molecule has 1 aliphatic rings. The van der Waals surface area contributed by atoms with Crippen molar-refractivity contribution in [3.8, 4) is 0 Å². The van der Waals surface area contributed by atoms with Gasteiger partial charge in [0.25, 0.3) is 0 Å². The van der Waals surface area contributed by atoms with Gasteiger partial charge >= 0.3 is 6.18 Å². The molecule has 0 radical (unpaired) electrons. The highest BCUT2D eigenvalue weighted by Crippen LogP contribution is 2.28. The highest BCUT2D eigenvalue weighted by Gasteiger charge is 2.33. The SMILES string of the molecule is CC(C)(C)c1ccc(N2CC(CNc3nccc(C(F)(F)F)n3)C2)nn1. The van der Waals surface area contributed by atoms with Gasteiger partial charge in [0, 0.05) is 37.2 Å². The topological polar surface area (TPSA) is 66.8 Å². The second kappa shape index (κ2) is 6.69. The predicted octanol–water partition coefficient (Wildman–Crippen LogP) is 3.13. The van der Waals surface area contributed by atoms with Crippen LogP contribution in [-0.4, -0.2) is 39.8 Å². The predicted molar refractivity (Wildman–Crippen MR) is 92.0 cm³/mol. The number of halogens is 3. The third kappa shape index (κ3) is 4.20. The van der Waals surface area contributed by atoms with Crippen molar-refractivity contribution < 1.29 is 13.2 Å². The number of nitrogens with one attached hydrogen (secondary N) is 1. The van der Waals surface area contributed by atoms with Crippen molar-refractivity contribution in [1.82, 2.24) is 20.2 Å². The molecular weight excluding hydrogens is 345 g/mol. The molecule has 1 aliphatic heterocycles. The van der Waals surface area contributed by atoms with Gasteiger partial charge in [-0.05, 0) is 18.2 Å². The van der Waals surface area contributed by atoms with Crippen molar-refractivity contribution in [1.29, 1.82) is 0 Å². The van der Waals surface area contributed by atoms with Gasteiger partial charge in [-0.15, -0.1) is 5.10 Å². The summed E-state index contributed by atoms with van der Waals surface area (Å²) in [6.07, 6.45) is -3.36. The molecule has 0 unspecified atom stereocenters. The van der Waals surface area contributed by atoms with Crippen LogP contribution in [0.2, 0.25) is 0 Å². The van der Waals surface area contributed by atoms with Crippen LogP contribution in [0.15, 0.2) is 24.4 Å². The van der Waals surface area contributed by atoms with E-state index in [1.165, 1.54) is 0 Å². The lowest BCUT2D eigenvalue weighted by atomic mass is 9.92. The zero-order valence-electron chi connectivity index (χ0n) is 14.9. The molecule has 0 aliphatic carbocycles. The molecule has 2 aromatic rings. The Morgan fingerprint density at radius 1 is 1.08 bits per heavy atom. The molecular formula is C17H21F3N6. The van der Waals surface area contributed by atoms with Gasteiger partial charge in [0.05, 0.1) is 5.69 Å². The fraction of sp³-hybridized carbons (Fsp3) is 0.529. The van der Waals surface area contributed by atoms with Gasteiger partial charge in [-0.3, -0.25) is 0 Å². The molecule has 1 saturated heterocycles. The first kappa shape index (κ1) is 18.3. The summed E-state index contributed by atoms with van der Waals surface area (Å²) >= 11 is 0. The van der Waals surface area contributed by atoms with E-state index < -0.39 is 11.9 Å². The van der Waals surface area contributed by atoms with Gasteiger partial charge in [-0.2, -0.15) is 18.3 Å². The summed E-state index contributed by atoms with van der Waals surface area (Å²) in [5.74, 6) is 1.09. The second-order valence-electron chi connectivity index (χ2n) is 7.44. The van der Waals surface area contributed by atoms with Gasteiger partial charge < -0.3 is 10.2 Å². The van der Waals surface area contributed by atoms with Crippen LogP contribution < -0.4 is 10.2 Å². The van der Waals surface area contributed by atoms with Gasteiger partial charge in [0.1, 0.15) is 5.69 Å². The summed E-state index contributed by atoms with van der Waals surface area (Å²) in [5.41, 5.74) is -0.0566. The van der Waals surface area contributed by atoms with E-state index in [1.807, 2.05) is 12.1 Å². The molecule has 3 heterocycles. The first-order chi connectivity index (χ1) is 12.1. The molecule has 140 valence electrons. The molecule has 1 fully saturated rings. The average Bonchev–Trinajstić information content (AvgIpc) is 2.52. The van der Waals surface area contributed by atoms with Crippen molar-refractivity contribution in [3.05, 3.63) is 35.8 Å². The van der Waals surface area contributed by atoms with E-state index in [0.717, 1.165) is 36.9 Å². The molecule has 9 heteroatoms. The minimum absolute atomic E-state index is 0.00685. The Labute approximate surface area is 149 Å². The lowest BCUT2D eigenvalue weighted by Gasteiger charge is -2.40. The Morgan fingerprint density at radius 2 is 1.81 bits per heavy atom. The Morgan fingerprint density at radius 3 is 2.38 bits per heavy atom. The first-order valence-electron chi connectivity index (χ1n) is 8.36. The molecule has 0 spiro atoms. The van der Waals surface area contributed by atoms with Gasteiger partial charge in [-0.1, -0.05) is 20.8 Å². The summed E-state index contributed by atoms with van der Waals surface area (Å²) in [4.78, 5) is 9.42. The van der Waals surface area contributed by atoms with Crippen molar-refractivity contribution in [2.45, 2.75) is 32.4 Å². The summed E-state index contributed by atoms with van der Waals surface area (Å²) in [7, 11) is 0. The van der Waals surface area contributed by atoms with Crippen LogP contribution in [0.1, 0.15) is 32.2 Å². The van der Waals surface area contributed by atoms with Gasteiger partial charge in [-0.25, -0.2) is 9.97 Å². The zero-order chi connectivity index (χ0) is 18.9. The maximum absolute atomic E-state index is 12.6. The summed E-state index contributed by atoms with van der Waals surface area (Å²) < 4.78 is 37.9. The van der Waals surface area contributed by atoms with E-state index in [4.69, 9.17) is 0 Å². The molecule has 0 atom stereocenters. The maximum atomic E-state index is 12.6. The first-order valence-corrected chi connectivity index (χ1v) is 8.36. The van der Waals surface area contributed by atoms with Crippen LogP contribution >= 0.6 is 0 Å². The smallest absolute Gasteiger partial charge is 0.354 e. The number of rotatable bonds is 4. The van der Waals surface area contributed by atoms with E-state index in [-0.39, 0.29) is 17.3 Å². The normalized spacial score (nSPS) is 15.7. The number of anilines is 2. The van der Waals surface area contributed by atoms with Crippen LogP contribution in [0.5, 0.6) is 0 Å². The number of alkyl halides is 3. The minimum atomic E-state index is -4.47. The summed E-state index contributed by atoms with van der Waals surface area (Å²) in [6.45, 7) is 8.27. The van der Waals surface area contributed by atoms with Gasteiger partial charge in [0.2, 0.25) is 5.95 Å². The highest BCUT2D eigenvalue weighted by molar-refractivity contribution is 5.41. The molecule has 3 rings (SSSR count). The second-order valence-corrected chi connectivity index (χ2v) is 7.44. The fourth-order valence-corrected chi connectivity index (χ4v) is 2.62. The van der Waals surface area contributed by atoms with Crippen LogP contribution in [0.3, 0.4) is 0 Å². The van der Waals surface area contributed by atoms with Crippen molar-refractivity contribution in [3.63, 3.8) is 0 Å². The van der Waals surface area contributed by atoms with Crippen molar-refractivity contribution in [2.24, 2.45) is 5.92 Å². The van der Waals surface area contributed by atoms with Crippen molar-refractivity contribution >= 4 is 11.8 Å². The summed E-state index contributed by atoms with van der Waals surface area (Å²) in [5, 5.41) is 11.4. The number of hydrogen-bond acceptors (Lipinski definition) is 6. The Balaban J connectivity index is 1.50. The molecule has 6 nitrogen and oxygen atoms in total. The third-order valence-electron chi connectivity index (χ3n) is 4.19. The third-order valence-corrected chi connectivity index (χ3v) is 4.19. The van der Waals surface area contributed by atoms with E-state index in [2.05, 4.69) is 51.2 Å². The largest absolute Gasteiger partial charge is 0.433 e. The maximum Gasteiger partial charge on any atom is 0.433 e. The van der Waals surface area contributed by atoms with Crippen LogP contribution in [0.4, 0.5) is 24.9 Å². The molecule has 0 bridgehead atoms. The minimum Gasteiger partial charge on any atom is -0.354 e. The Bertz CT molecular complexity index is 748. The highest BCUT2D eigenvalue weighted by atomic mass is 19.4. The lowest BCUT2D eigenvalue weighted by Crippen LogP contribution is -2.50. The van der Waals surface area contributed by atoms with E-state index in [9.17, 15) is 13.2 Å². The molecule has 0 saturated carbocycles. The molecule has 0 amide bonds. The van der Waals surface area contributed by atoms with E-state index in [0.29, 0.717) is 6.54 Å². The number of aromatic nitrogens is 4. The summed E-state index contributed by atoms with van der Waals surface area (Å²) in [6, 6.07) is 4.79. The zero-order valence-corrected chi connectivity index (χ0v) is 14.9. The van der Waals surface area contributed by atoms with Crippen LogP contribution in [0.25, 0.3) is 0 Å². The quantitative estimate of drug-likeness (QED) is 0.897. The standard InChI is InChI=1S/C17H21F3N6/c1-16(2,3)12-4-5-14(25-24-12)26-9-11(10-26)8-22-15-21-7-6-13(23-15)17(18,19)20/h4-7,11H,8-10H2,1-3H3,(H,21,22,23). The van der Waals surface area contributed by atoms with Crippen LogP contribution in [0, 0.1) is 5.92 Å². The molecule has 2 aromatic heterocycles. The number of nitrogens with zero attached hydrogens (tertiary/aromatic N) is 5. The molecule has 1 N–H and O–H groups in total. The average molecular weight is 366 g/mol. The monoisotopic (exact) mass is 366 g/mol. The van der Waals surface area contributed by atoms with Crippen molar-refractivity contribution in [2.75, 3.05) is 29.9 Å². The molecule has 0 aromatic carbocycles. The Hall–Kier alpha value is -2.45. The molecule has 26 heavy (non-hydrogen) atoms. The van der Waals surface area contributed by atoms with E-state index >= 15 is 0 Å². The van der Waals surface area contributed by atoms with Crippen LogP contribution in [-0.2, 0) is 11.6 Å². The Kier molecular flexibility index (Phi) is 4.72. The lowest BCUT2D eigenvalue weighted by molar-refractivity contribution is -0.141.